The lowest BCUT2D eigenvalue weighted by Crippen LogP contribution is -2.47. The highest BCUT2D eigenvalue weighted by atomic mass is 35.5. The SMILES string of the molecule is [2H]C1([2H])CC(=O)[C@@](N)(c2ccccc2Cl)C([2H])([2H])C1([2H])[2H]. The van der Waals surface area contributed by atoms with Crippen LogP contribution in [0.3, 0.4) is 0 Å². The van der Waals surface area contributed by atoms with Crippen molar-refractivity contribution in [3.05, 3.63) is 34.9 Å². The van der Waals surface area contributed by atoms with Crippen molar-refractivity contribution in [3.8, 4) is 0 Å². The van der Waals surface area contributed by atoms with Crippen LogP contribution < -0.4 is 5.73 Å². The fraction of sp³-hybridized carbons (Fsp3) is 0.417. The lowest BCUT2D eigenvalue weighted by molar-refractivity contribution is -0.126. The molecule has 1 saturated carbocycles. The molecule has 15 heavy (non-hydrogen) atoms. The average Bonchev–Trinajstić information content (AvgIpc) is 2.35. The van der Waals surface area contributed by atoms with Gasteiger partial charge in [-0.3, -0.25) is 4.79 Å². The van der Waals surface area contributed by atoms with Gasteiger partial charge in [-0.2, -0.15) is 0 Å². The minimum atomic E-state index is -2.97. The molecule has 1 aliphatic rings. The zero-order chi connectivity index (χ0) is 16.3. The molecule has 0 aliphatic heterocycles. The molecule has 0 aromatic heterocycles. The number of nitrogens with two attached hydrogens (primary N) is 1. The monoisotopic (exact) mass is 229 g/mol. The molecule has 0 saturated heterocycles. The number of benzene rings is 1. The number of carbonyl (C=O) groups is 1. The van der Waals surface area contributed by atoms with Crippen molar-refractivity contribution in [3.63, 3.8) is 0 Å². The molecule has 0 heterocycles. The van der Waals surface area contributed by atoms with Crippen molar-refractivity contribution in [2.24, 2.45) is 5.73 Å². The lowest BCUT2D eigenvalue weighted by atomic mass is 9.76. The van der Waals surface area contributed by atoms with Gasteiger partial charge in [0.1, 0.15) is 5.54 Å². The number of hydrogen-bond donors (Lipinski definition) is 1. The van der Waals surface area contributed by atoms with Gasteiger partial charge in [-0.15, -0.1) is 0 Å². The zero-order valence-corrected chi connectivity index (χ0v) is 8.64. The van der Waals surface area contributed by atoms with E-state index in [-0.39, 0.29) is 10.6 Å². The summed E-state index contributed by atoms with van der Waals surface area (Å²) in [6.45, 7) is 0. The third kappa shape index (κ3) is 1.80. The molecule has 0 bridgehead atoms. The average molecular weight is 230 g/mol. The number of rotatable bonds is 1. The number of halogens is 1. The van der Waals surface area contributed by atoms with Crippen LogP contribution in [0, 0.1) is 0 Å². The van der Waals surface area contributed by atoms with E-state index in [1.807, 2.05) is 0 Å². The summed E-state index contributed by atoms with van der Waals surface area (Å²) in [5, 5.41) is 0.0375. The molecule has 2 N–H and O–H groups in total. The summed E-state index contributed by atoms with van der Waals surface area (Å²) in [5.74, 6) is -0.916. The predicted octanol–water partition coefficient (Wildman–Crippen LogP) is 2.64. The topological polar surface area (TPSA) is 43.1 Å². The van der Waals surface area contributed by atoms with Gasteiger partial charge >= 0.3 is 0 Å². The lowest BCUT2D eigenvalue weighted by Gasteiger charge is -2.32. The maximum atomic E-state index is 12.4. The molecule has 0 radical (unpaired) electrons. The minimum Gasteiger partial charge on any atom is -0.315 e. The fourth-order valence-electron chi connectivity index (χ4n) is 1.47. The Labute approximate surface area is 103 Å². The Bertz CT molecular complexity index is 605. The Morgan fingerprint density at radius 3 is 2.87 bits per heavy atom. The van der Waals surface area contributed by atoms with E-state index in [9.17, 15) is 4.79 Å². The van der Waals surface area contributed by atoms with E-state index >= 15 is 0 Å². The second kappa shape index (κ2) is 3.95. The molecule has 0 unspecified atom stereocenters. The first-order chi connectivity index (χ1) is 9.39. The molecule has 1 atom stereocenters. The number of carbonyl (C=O) groups excluding carboxylic acids is 1. The van der Waals surface area contributed by atoms with E-state index in [4.69, 9.17) is 25.6 Å². The third-order valence-corrected chi connectivity index (χ3v) is 2.67. The Morgan fingerprint density at radius 2 is 2.13 bits per heavy atom. The molecule has 2 rings (SSSR count). The van der Waals surface area contributed by atoms with Crippen molar-refractivity contribution in [2.45, 2.75) is 31.1 Å². The summed E-state index contributed by atoms with van der Waals surface area (Å²) in [6, 6.07) is 5.87. The normalized spacial score (nSPS) is 42.7. The van der Waals surface area contributed by atoms with Crippen LogP contribution in [0.15, 0.2) is 24.3 Å². The van der Waals surface area contributed by atoms with Crippen LogP contribution in [0.2, 0.25) is 5.02 Å². The van der Waals surface area contributed by atoms with E-state index < -0.39 is 36.9 Å². The first kappa shape index (κ1) is 5.46. The quantitative estimate of drug-likeness (QED) is 0.805. The van der Waals surface area contributed by atoms with Crippen molar-refractivity contribution in [1.82, 2.24) is 0 Å². The zero-order valence-electron chi connectivity index (χ0n) is 13.9. The molecule has 1 aromatic carbocycles. The van der Waals surface area contributed by atoms with Gasteiger partial charge < -0.3 is 5.73 Å². The molecule has 2 nitrogen and oxygen atoms in total. The van der Waals surface area contributed by atoms with Gasteiger partial charge in [-0.05, 0) is 24.4 Å². The van der Waals surface area contributed by atoms with Crippen LogP contribution in [0.1, 0.15) is 39.3 Å². The Hall–Kier alpha value is -0.860. The number of hydrogen-bond acceptors (Lipinski definition) is 2. The van der Waals surface area contributed by atoms with Crippen LogP contribution in [0.5, 0.6) is 0 Å². The molecule has 1 fully saturated rings. The first-order valence-corrected chi connectivity index (χ1v) is 4.84. The fourth-order valence-corrected chi connectivity index (χ4v) is 1.76. The van der Waals surface area contributed by atoms with Crippen LogP contribution in [-0.4, -0.2) is 5.78 Å². The Kier molecular flexibility index (Phi) is 1.44. The van der Waals surface area contributed by atoms with Gasteiger partial charge in [0.2, 0.25) is 0 Å². The maximum Gasteiger partial charge on any atom is 0.157 e. The molecule has 1 aromatic rings. The summed E-state index contributed by atoms with van der Waals surface area (Å²) >= 11 is 5.99. The van der Waals surface area contributed by atoms with Gasteiger partial charge in [-0.25, -0.2) is 0 Å². The highest BCUT2D eigenvalue weighted by Crippen LogP contribution is 2.35. The van der Waals surface area contributed by atoms with Gasteiger partial charge in [0.15, 0.2) is 5.78 Å². The molecule has 3 heteroatoms. The molecular formula is C12H14ClNO. The van der Waals surface area contributed by atoms with Crippen LogP contribution in [-0.2, 0) is 10.3 Å². The Morgan fingerprint density at radius 1 is 1.40 bits per heavy atom. The maximum absolute atomic E-state index is 12.4. The highest BCUT2D eigenvalue weighted by Gasteiger charge is 2.38. The smallest absolute Gasteiger partial charge is 0.157 e. The van der Waals surface area contributed by atoms with Crippen molar-refractivity contribution < 1.29 is 13.0 Å². The van der Waals surface area contributed by atoms with Gasteiger partial charge in [0.25, 0.3) is 0 Å². The second-order valence-corrected chi connectivity index (χ2v) is 3.72. The first-order valence-electron chi connectivity index (χ1n) is 7.47. The van der Waals surface area contributed by atoms with Crippen LogP contribution in [0.25, 0.3) is 0 Å². The predicted molar refractivity (Wildman–Crippen MR) is 60.8 cm³/mol. The van der Waals surface area contributed by atoms with Crippen molar-refractivity contribution in [1.29, 1.82) is 0 Å². The summed E-state index contributed by atoms with van der Waals surface area (Å²) in [4.78, 5) is 12.4. The largest absolute Gasteiger partial charge is 0.315 e. The molecule has 0 spiro atoms. The summed E-state index contributed by atoms with van der Waals surface area (Å²) < 4.78 is 47.1. The van der Waals surface area contributed by atoms with Crippen molar-refractivity contribution >= 4 is 17.4 Å². The van der Waals surface area contributed by atoms with Gasteiger partial charge in [0.05, 0.1) is 0 Å². The highest BCUT2D eigenvalue weighted by molar-refractivity contribution is 6.31. The molecule has 80 valence electrons. The van der Waals surface area contributed by atoms with E-state index in [1.165, 1.54) is 18.2 Å². The number of ketones is 1. The van der Waals surface area contributed by atoms with Crippen LogP contribution in [0.4, 0.5) is 0 Å². The Balaban J connectivity index is 2.74. The molecule has 1 aliphatic carbocycles. The van der Waals surface area contributed by atoms with Crippen LogP contribution >= 0.6 is 11.6 Å². The summed E-state index contributed by atoms with van der Waals surface area (Å²) in [7, 11) is 0. The van der Waals surface area contributed by atoms with Gasteiger partial charge in [-0.1, -0.05) is 36.2 Å². The second-order valence-electron chi connectivity index (χ2n) is 3.31. The molecular weight excluding hydrogens is 210 g/mol. The number of Topliss-reactive ketones (excluding diaryl/α,β-unsaturated/α-hetero) is 1. The molecule has 0 amide bonds. The third-order valence-electron chi connectivity index (χ3n) is 2.34. The summed E-state index contributed by atoms with van der Waals surface area (Å²) in [5.41, 5.74) is 3.60. The minimum absolute atomic E-state index is 0.0375. The standard InChI is InChI=1S/C12H14ClNO/c13-10-6-2-1-5-9(10)12(14)8-4-3-7-11(12)15/h1-2,5-6H,3-4,7-8,14H2/t12-/m0/s1/i3D2,4D2,8D2. The van der Waals surface area contributed by atoms with E-state index in [0.717, 1.165) is 0 Å². The van der Waals surface area contributed by atoms with Crippen molar-refractivity contribution in [2.75, 3.05) is 0 Å². The van der Waals surface area contributed by atoms with E-state index in [2.05, 4.69) is 0 Å². The van der Waals surface area contributed by atoms with Gasteiger partial charge in [0, 0.05) is 19.7 Å². The van der Waals surface area contributed by atoms with E-state index in [0.29, 0.717) is 0 Å². The summed E-state index contributed by atoms with van der Waals surface area (Å²) in [6.07, 6.45) is -9.40. The van der Waals surface area contributed by atoms with E-state index in [1.54, 1.807) is 6.07 Å².